The van der Waals surface area contributed by atoms with Crippen molar-refractivity contribution in [3.05, 3.63) is 30.5 Å². The number of carbonyl (C=O) groups is 1. The van der Waals surface area contributed by atoms with Gasteiger partial charge in [0.1, 0.15) is 0 Å². The summed E-state index contributed by atoms with van der Waals surface area (Å²) in [6, 6.07) is 7.92. The molecule has 1 aromatic heterocycles. The SMILES string of the molecule is COc1cnc(-c2ccc(SCC(=O)NCC3CCCN(CC4CCCCC4)C3)cc2)nc1OC. The maximum atomic E-state index is 12.5. The maximum absolute atomic E-state index is 12.5. The fourth-order valence-electron chi connectivity index (χ4n) is 5.16. The topological polar surface area (TPSA) is 76.6 Å². The van der Waals surface area contributed by atoms with Crippen molar-refractivity contribution in [2.45, 2.75) is 49.8 Å². The number of nitrogens with one attached hydrogen (secondary N) is 1. The molecule has 2 heterocycles. The monoisotopic (exact) mass is 498 g/mol. The molecule has 0 spiro atoms. The van der Waals surface area contributed by atoms with E-state index in [-0.39, 0.29) is 5.91 Å². The van der Waals surface area contributed by atoms with E-state index in [2.05, 4.69) is 20.2 Å². The molecule has 4 rings (SSSR count). The molecule has 2 fully saturated rings. The minimum Gasteiger partial charge on any atom is -0.490 e. The van der Waals surface area contributed by atoms with Gasteiger partial charge in [-0.2, -0.15) is 4.98 Å². The number of thioether (sulfide) groups is 1. The molecule has 0 bridgehead atoms. The van der Waals surface area contributed by atoms with Crippen LogP contribution in [0.5, 0.6) is 11.6 Å². The summed E-state index contributed by atoms with van der Waals surface area (Å²) in [6.07, 6.45) is 11.1. The summed E-state index contributed by atoms with van der Waals surface area (Å²) in [5, 5.41) is 3.18. The van der Waals surface area contributed by atoms with Crippen LogP contribution in [0.1, 0.15) is 44.9 Å². The van der Waals surface area contributed by atoms with Gasteiger partial charge in [0, 0.05) is 30.1 Å². The van der Waals surface area contributed by atoms with Crippen LogP contribution in [0.3, 0.4) is 0 Å². The molecule has 1 amide bonds. The average Bonchev–Trinajstić information content (AvgIpc) is 2.91. The largest absolute Gasteiger partial charge is 0.490 e. The van der Waals surface area contributed by atoms with Crippen molar-refractivity contribution in [3.63, 3.8) is 0 Å². The highest BCUT2D eigenvalue weighted by Crippen LogP contribution is 2.28. The molecular weight excluding hydrogens is 460 g/mol. The summed E-state index contributed by atoms with van der Waals surface area (Å²) in [4.78, 5) is 24.9. The number of likely N-dealkylation sites (tertiary alicyclic amines) is 1. The van der Waals surface area contributed by atoms with E-state index in [1.54, 1.807) is 32.2 Å². The number of piperidine rings is 1. The van der Waals surface area contributed by atoms with Crippen LogP contribution in [0.2, 0.25) is 0 Å². The number of ether oxygens (including phenoxy) is 2. The first-order valence-electron chi connectivity index (χ1n) is 12.8. The second kappa shape index (κ2) is 13.1. The Morgan fingerprint density at radius 2 is 1.83 bits per heavy atom. The van der Waals surface area contributed by atoms with Gasteiger partial charge in [0.05, 0.1) is 26.2 Å². The van der Waals surface area contributed by atoms with E-state index < -0.39 is 0 Å². The van der Waals surface area contributed by atoms with E-state index in [1.807, 2.05) is 24.3 Å². The standard InChI is InChI=1S/C27H38N4O3S/c1-33-24-16-29-26(30-27(24)34-2)22-10-12-23(13-11-22)35-19-25(32)28-15-21-9-6-14-31(18-21)17-20-7-4-3-5-8-20/h10-13,16,20-21H,3-9,14-15,17-19H2,1-2H3,(H,28,32). The van der Waals surface area contributed by atoms with Crippen molar-refractivity contribution in [1.29, 1.82) is 0 Å². The Kier molecular flexibility index (Phi) is 9.66. The molecule has 1 unspecified atom stereocenters. The third kappa shape index (κ3) is 7.58. The van der Waals surface area contributed by atoms with E-state index >= 15 is 0 Å². The van der Waals surface area contributed by atoms with Crippen LogP contribution in [0.15, 0.2) is 35.4 Å². The lowest BCUT2D eigenvalue weighted by molar-refractivity contribution is -0.118. The zero-order valence-electron chi connectivity index (χ0n) is 21.0. The molecule has 8 heteroatoms. The Hall–Kier alpha value is -2.32. The fraction of sp³-hybridized carbons (Fsp3) is 0.593. The van der Waals surface area contributed by atoms with Crippen LogP contribution in [0.25, 0.3) is 11.4 Å². The molecule has 7 nitrogen and oxygen atoms in total. The molecule has 2 aromatic rings. The number of aromatic nitrogens is 2. The third-order valence-corrected chi connectivity index (χ3v) is 8.06. The highest BCUT2D eigenvalue weighted by atomic mass is 32.2. The highest BCUT2D eigenvalue weighted by molar-refractivity contribution is 8.00. The summed E-state index contributed by atoms with van der Waals surface area (Å²) in [5.41, 5.74) is 0.884. The molecule has 35 heavy (non-hydrogen) atoms. The highest BCUT2D eigenvalue weighted by Gasteiger charge is 2.23. The minimum absolute atomic E-state index is 0.103. The number of hydrogen-bond donors (Lipinski definition) is 1. The first kappa shape index (κ1) is 25.8. The first-order valence-corrected chi connectivity index (χ1v) is 13.8. The number of amides is 1. The number of carbonyl (C=O) groups excluding carboxylic acids is 1. The molecule has 1 aliphatic heterocycles. The van der Waals surface area contributed by atoms with E-state index in [1.165, 1.54) is 58.0 Å². The van der Waals surface area contributed by atoms with Gasteiger partial charge in [-0.1, -0.05) is 31.4 Å². The Morgan fingerprint density at radius 1 is 1.06 bits per heavy atom. The van der Waals surface area contributed by atoms with Gasteiger partial charge in [-0.05, 0) is 56.2 Å². The Bertz CT molecular complexity index is 950. The fourth-order valence-corrected chi connectivity index (χ4v) is 5.89. The Balaban J connectivity index is 1.19. The second-order valence-corrected chi connectivity index (χ2v) is 10.7. The van der Waals surface area contributed by atoms with Crippen LogP contribution < -0.4 is 14.8 Å². The van der Waals surface area contributed by atoms with Crippen molar-refractivity contribution in [2.24, 2.45) is 11.8 Å². The number of benzene rings is 1. The lowest BCUT2D eigenvalue weighted by Crippen LogP contribution is -2.43. The summed E-state index contributed by atoms with van der Waals surface area (Å²) >= 11 is 1.55. The predicted octanol–water partition coefficient (Wildman–Crippen LogP) is 4.66. The smallest absolute Gasteiger partial charge is 0.260 e. The first-order chi connectivity index (χ1) is 17.1. The second-order valence-electron chi connectivity index (χ2n) is 9.66. The van der Waals surface area contributed by atoms with Crippen LogP contribution in [-0.4, -0.2) is 66.9 Å². The van der Waals surface area contributed by atoms with E-state index in [0.29, 0.717) is 29.1 Å². The van der Waals surface area contributed by atoms with Gasteiger partial charge < -0.3 is 19.7 Å². The third-order valence-electron chi connectivity index (χ3n) is 7.05. The summed E-state index contributed by atoms with van der Waals surface area (Å²) in [7, 11) is 3.12. The van der Waals surface area contributed by atoms with Gasteiger partial charge in [-0.25, -0.2) is 4.98 Å². The molecule has 190 valence electrons. The van der Waals surface area contributed by atoms with Gasteiger partial charge in [0.25, 0.3) is 5.88 Å². The molecular formula is C27H38N4O3S. The number of nitrogens with zero attached hydrogens (tertiary/aromatic N) is 3. The number of rotatable bonds is 10. The Morgan fingerprint density at radius 3 is 2.57 bits per heavy atom. The van der Waals surface area contributed by atoms with E-state index in [0.717, 1.165) is 29.5 Å². The molecule has 0 radical (unpaired) electrons. The molecule has 1 aliphatic carbocycles. The molecule has 1 atom stereocenters. The van der Waals surface area contributed by atoms with Crippen LogP contribution in [0.4, 0.5) is 0 Å². The van der Waals surface area contributed by atoms with Gasteiger partial charge in [0.2, 0.25) is 5.91 Å². The normalized spacial score (nSPS) is 19.3. The van der Waals surface area contributed by atoms with Gasteiger partial charge in [-0.3, -0.25) is 4.79 Å². The zero-order valence-corrected chi connectivity index (χ0v) is 21.8. The average molecular weight is 499 g/mol. The van der Waals surface area contributed by atoms with Crippen molar-refractivity contribution >= 4 is 17.7 Å². The van der Waals surface area contributed by atoms with Crippen molar-refractivity contribution < 1.29 is 14.3 Å². The lowest BCUT2D eigenvalue weighted by Gasteiger charge is -2.36. The molecule has 1 saturated carbocycles. The number of hydrogen-bond acceptors (Lipinski definition) is 7. The minimum atomic E-state index is 0.103. The van der Waals surface area contributed by atoms with Crippen LogP contribution in [-0.2, 0) is 4.79 Å². The van der Waals surface area contributed by atoms with Gasteiger partial charge >= 0.3 is 0 Å². The predicted molar refractivity (Wildman–Crippen MR) is 140 cm³/mol. The van der Waals surface area contributed by atoms with E-state index in [9.17, 15) is 4.79 Å². The lowest BCUT2D eigenvalue weighted by atomic mass is 9.88. The summed E-state index contributed by atoms with van der Waals surface area (Å²) < 4.78 is 10.5. The maximum Gasteiger partial charge on any atom is 0.260 e. The number of methoxy groups -OCH3 is 2. The van der Waals surface area contributed by atoms with E-state index in [4.69, 9.17) is 9.47 Å². The molecule has 2 aliphatic rings. The van der Waals surface area contributed by atoms with Crippen molar-refractivity contribution in [2.75, 3.05) is 46.2 Å². The molecule has 1 aromatic carbocycles. The van der Waals surface area contributed by atoms with Crippen LogP contribution >= 0.6 is 11.8 Å². The van der Waals surface area contributed by atoms with Gasteiger partial charge in [-0.15, -0.1) is 11.8 Å². The van der Waals surface area contributed by atoms with Gasteiger partial charge in [0.15, 0.2) is 11.6 Å². The van der Waals surface area contributed by atoms with Crippen molar-refractivity contribution in [1.82, 2.24) is 20.2 Å². The molecule has 1 saturated heterocycles. The Labute approximate surface area is 213 Å². The van der Waals surface area contributed by atoms with Crippen LogP contribution in [0, 0.1) is 11.8 Å². The van der Waals surface area contributed by atoms with Crippen molar-refractivity contribution in [3.8, 4) is 23.0 Å². The zero-order chi connectivity index (χ0) is 24.5. The summed E-state index contributed by atoms with van der Waals surface area (Å²) in [5.74, 6) is 3.46. The summed E-state index contributed by atoms with van der Waals surface area (Å²) in [6.45, 7) is 4.39. The molecule has 1 N–H and O–H groups in total. The quantitative estimate of drug-likeness (QED) is 0.477.